The van der Waals surface area contributed by atoms with Gasteiger partial charge in [-0.2, -0.15) is 5.26 Å². The SMILES string of the molecule is Cc1ccc2c(C#N)c(/C=C/C(=O)O)n(C3CCc4ccccc43)c2n1. The Morgan fingerprint density at radius 1 is 1.35 bits per heavy atom. The molecule has 0 saturated carbocycles. The second kappa shape index (κ2) is 6.16. The number of carboxylic acid groups (broad SMARTS) is 1. The predicted octanol–water partition coefficient (Wildman–Crippen LogP) is 3.85. The molecular formula is C21H17N3O2. The molecule has 1 aliphatic rings. The molecule has 0 bridgehead atoms. The lowest BCUT2D eigenvalue weighted by molar-refractivity contribution is -0.131. The van der Waals surface area contributed by atoms with Gasteiger partial charge in [0.05, 0.1) is 17.3 Å². The number of rotatable bonds is 3. The smallest absolute Gasteiger partial charge is 0.328 e. The molecule has 5 nitrogen and oxygen atoms in total. The highest BCUT2D eigenvalue weighted by Gasteiger charge is 2.29. The van der Waals surface area contributed by atoms with Gasteiger partial charge < -0.3 is 9.67 Å². The third-order valence-corrected chi connectivity index (χ3v) is 4.94. The van der Waals surface area contributed by atoms with Crippen LogP contribution in [0.5, 0.6) is 0 Å². The molecule has 5 heteroatoms. The fourth-order valence-corrected chi connectivity index (χ4v) is 3.84. The van der Waals surface area contributed by atoms with Gasteiger partial charge in [-0.25, -0.2) is 9.78 Å². The summed E-state index contributed by atoms with van der Waals surface area (Å²) in [5.74, 6) is -1.04. The molecule has 1 aliphatic carbocycles. The van der Waals surface area contributed by atoms with E-state index in [1.54, 1.807) is 0 Å². The monoisotopic (exact) mass is 343 g/mol. The molecule has 128 valence electrons. The van der Waals surface area contributed by atoms with Crippen molar-refractivity contribution in [3.63, 3.8) is 0 Å². The van der Waals surface area contributed by atoms with Crippen molar-refractivity contribution < 1.29 is 9.90 Å². The van der Waals surface area contributed by atoms with Crippen LogP contribution in [-0.4, -0.2) is 20.6 Å². The first kappa shape index (κ1) is 16.1. The van der Waals surface area contributed by atoms with Crippen LogP contribution in [0.4, 0.5) is 0 Å². The normalized spacial score (nSPS) is 16.1. The third kappa shape index (κ3) is 2.47. The molecule has 0 amide bonds. The molecule has 0 aliphatic heterocycles. The second-order valence-electron chi connectivity index (χ2n) is 6.49. The van der Waals surface area contributed by atoms with E-state index < -0.39 is 5.97 Å². The number of pyridine rings is 1. The highest BCUT2D eigenvalue weighted by molar-refractivity contribution is 5.92. The Morgan fingerprint density at radius 3 is 2.92 bits per heavy atom. The summed E-state index contributed by atoms with van der Waals surface area (Å²) in [6, 6.07) is 14.3. The van der Waals surface area contributed by atoms with E-state index in [1.807, 2.05) is 35.8 Å². The maximum Gasteiger partial charge on any atom is 0.328 e. The quantitative estimate of drug-likeness (QED) is 0.733. The standard InChI is InChI=1S/C21H17N3O2/c1-13-6-8-16-17(12-22)19(10-11-20(25)26)24(21(16)23-13)18-9-7-14-4-2-3-5-15(14)18/h2-6,8,10-11,18H,7,9H2,1H3,(H,25,26)/b11-10+. The van der Waals surface area contributed by atoms with E-state index in [4.69, 9.17) is 5.11 Å². The Bertz CT molecular complexity index is 1100. The second-order valence-corrected chi connectivity index (χ2v) is 6.49. The van der Waals surface area contributed by atoms with Crippen LogP contribution in [0.3, 0.4) is 0 Å². The van der Waals surface area contributed by atoms with E-state index in [-0.39, 0.29) is 6.04 Å². The molecule has 26 heavy (non-hydrogen) atoms. The molecule has 1 atom stereocenters. The molecule has 3 aromatic rings. The summed E-state index contributed by atoms with van der Waals surface area (Å²) >= 11 is 0. The molecule has 4 rings (SSSR count). The van der Waals surface area contributed by atoms with Crippen LogP contribution in [0, 0.1) is 18.3 Å². The van der Waals surface area contributed by atoms with Crippen molar-refractivity contribution in [3.05, 3.63) is 70.6 Å². The zero-order valence-electron chi connectivity index (χ0n) is 14.3. The largest absolute Gasteiger partial charge is 0.478 e. The molecule has 1 N–H and O–H groups in total. The molecular weight excluding hydrogens is 326 g/mol. The van der Waals surface area contributed by atoms with E-state index >= 15 is 0 Å². The van der Waals surface area contributed by atoms with Crippen LogP contribution in [0.2, 0.25) is 0 Å². The first-order valence-corrected chi connectivity index (χ1v) is 8.50. The summed E-state index contributed by atoms with van der Waals surface area (Å²) in [5, 5.41) is 19.6. The summed E-state index contributed by atoms with van der Waals surface area (Å²) < 4.78 is 2.03. The van der Waals surface area contributed by atoms with Gasteiger partial charge >= 0.3 is 5.97 Å². The third-order valence-electron chi connectivity index (χ3n) is 4.94. The molecule has 2 aromatic heterocycles. The minimum Gasteiger partial charge on any atom is -0.478 e. The number of hydrogen-bond acceptors (Lipinski definition) is 3. The Labute approximate surface area is 150 Å². The number of aryl methyl sites for hydroxylation is 2. The summed E-state index contributed by atoms with van der Waals surface area (Å²) in [4.78, 5) is 15.8. The number of aliphatic carboxylic acids is 1. The number of nitriles is 1. The van der Waals surface area contributed by atoms with Gasteiger partial charge in [0.1, 0.15) is 11.7 Å². The molecule has 0 fully saturated rings. The summed E-state index contributed by atoms with van der Waals surface area (Å²) in [5.41, 5.74) is 5.16. The van der Waals surface area contributed by atoms with E-state index in [1.165, 1.54) is 17.2 Å². The Balaban J connectivity index is 2.04. The molecule has 0 radical (unpaired) electrons. The number of nitrogens with zero attached hydrogens (tertiary/aromatic N) is 3. The molecule has 1 aromatic carbocycles. The van der Waals surface area contributed by atoms with Gasteiger partial charge in [0.2, 0.25) is 0 Å². The first-order chi connectivity index (χ1) is 12.6. The summed E-state index contributed by atoms with van der Waals surface area (Å²) in [6.07, 6.45) is 4.45. The lowest BCUT2D eigenvalue weighted by Gasteiger charge is -2.18. The van der Waals surface area contributed by atoms with Crippen LogP contribution in [0.15, 0.2) is 42.5 Å². The fourth-order valence-electron chi connectivity index (χ4n) is 3.84. The topological polar surface area (TPSA) is 78.9 Å². The maximum atomic E-state index is 11.1. The first-order valence-electron chi connectivity index (χ1n) is 8.50. The van der Waals surface area contributed by atoms with Crippen molar-refractivity contribution in [2.45, 2.75) is 25.8 Å². The summed E-state index contributed by atoms with van der Waals surface area (Å²) in [6.45, 7) is 1.91. The molecule has 0 saturated heterocycles. The summed E-state index contributed by atoms with van der Waals surface area (Å²) in [7, 11) is 0. The molecule has 2 heterocycles. The lowest BCUT2D eigenvalue weighted by atomic mass is 10.1. The van der Waals surface area contributed by atoms with Gasteiger partial charge in [-0.05, 0) is 49.1 Å². The zero-order chi connectivity index (χ0) is 18.3. The van der Waals surface area contributed by atoms with Gasteiger partial charge in [0.25, 0.3) is 0 Å². The minimum atomic E-state index is -1.04. The van der Waals surface area contributed by atoms with Gasteiger partial charge in [-0.1, -0.05) is 24.3 Å². The van der Waals surface area contributed by atoms with Crippen LogP contribution in [-0.2, 0) is 11.2 Å². The molecule has 0 spiro atoms. The van der Waals surface area contributed by atoms with E-state index in [9.17, 15) is 10.1 Å². The van der Waals surface area contributed by atoms with Crippen molar-refractivity contribution in [2.75, 3.05) is 0 Å². The number of fused-ring (bicyclic) bond motifs is 2. The predicted molar refractivity (Wildman–Crippen MR) is 98.8 cm³/mol. The Morgan fingerprint density at radius 2 is 2.15 bits per heavy atom. The number of carboxylic acids is 1. The zero-order valence-corrected chi connectivity index (χ0v) is 14.3. The van der Waals surface area contributed by atoms with E-state index in [0.29, 0.717) is 11.3 Å². The van der Waals surface area contributed by atoms with Gasteiger partial charge in [0, 0.05) is 17.2 Å². The van der Waals surface area contributed by atoms with Gasteiger partial charge in [0.15, 0.2) is 0 Å². The van der Waals surface area contributed by atoms with E-state index in [0.717, 1.165) is 35.6 Å². The van der Waals surface area contributed by atoms with E-state index in [2.05, 4.69) is 23.2 Å². The Hall–Kier alpha value is -3.39. The number of hydrogen-bond donors (Lipinski definition) is 1. The highest BCUT2D eigenvalue weighted by atomic mass is 16.4. The van der Waals surface area contributed by atoms with Gasteiger partial charge in [-0.15, -0.1) is 0 Å². The van der Waals surface area contributed by atoms with Crippen LogP contribution < -0.4 is 0 Å². The van der Waals surface area contributed by atoms with Crippen molar-refractivity contribution in [1.82, 2.24) is 9.55 Å². The number of aromatic nitrogens is 2. The number of benzene rings is 1. The fraction of sp³-hybridized carbons (Fsp3) is 0.190. The average Bonchev–Trinajstić information content (AvgIpc) is 3.17. The highest BCUT2D eigenvalue weighted by Crippen LogP contribution is 2.39. The van der Waals surface area contributed by atoms with Crippen LogP contribution in [0.1, 0.15) is 40.5 Å². The van der Waals surface area contributed by atoms with Gasteiger partial charge in [-0.3, -0.25) is 0 Å². The van der Waals surface area contributed by atoms with Crippen LogP contribution >= 0.6 is 0 Å². The molecule has 1 unspecified atom stereocenters. The van der Waals surface area contributed by atoms with Crippen molar-refractivity contribution in [1.29, 1.82) is 5.26 Å². The van der Waals surface area contributed by atoms with Crippen molar-refractivity contribution in [3.8, 4) is 6.07 Å². The Kier molecular flexibility index (Phi) is 3.81. The van der Waals surface area contributed by atoms with Crippen molar-refractivity contribution >= 4 is 23.1 Å². The average molecular weight is 343 g/mol. The van der Waals surface area contributed by atoms with Crippen LogP contribution in [0.25, 0.3) is 17.1 Å². The maximum absolute atomic E-state index is 11.1. The number of carbonyl (C=O) groups is 1. The minimum absolute atomic E-state index is 0.0403. The lowest BCUT2D eigenvalue weighted by Crippen LogP contribution is -2.10. The van der Waals surface area contributed by atoms with Crippen molar-refractivity contribution in [2.24, 2.45) is 0 Å².